The molecule has 6 nitrogen and oxygen atoms in total. The van der Waals surface area contributed by atoms with Crippen molar-refractivity contribution < 1.29 is 19.4 Å². The zero-order valence-corrected chi connectivity index (χ0v) is 20.9. The number of carboxylic acid groups (broad SMARTS) is 1. The van der Waals surface area contributed by atoms with Crippen LogP contribution < -0.4 is 9.47 Å². The van der Waals surface area contributed by atoms with E-state index in [0.717, 1.165) is 43.0 Å². The molecule has 8 heteroatoms. The first-order chi connectivity index (χ1) is 16.4. The Bertz CT molecular complexity index is 1310. The SMILES string of the molecule is COc1ccc(-c2cc(CSc3nc(C)cc(C)n3)c(-c3ccc(C(=O)O)cc3)s2)cc1OC. The van der Waals surface area contributed by atoms with E-state index in [4.69, 9.17) is 9.47 Å². The van der Waals surface area contributed by atoms with E-state index in [9.17, 15) is 9.90 Å². The molecule has 4 rings (SSSR count). The van der Waals surface area contributed by atoms with E-state index in [1.165, 1.54) is 0 Å². The van der Waals surface area contributed by atoms with Gasteiger partial charge in [0.1, 0.15) is 0 Å². The van der Waals surface area contributed by atoms with Gasteiger partial charge in [-0.25, -0.2) is 14.8 Å². The van der Waals surface area contributed by atoms with Gasteiger partial charge in [0, 0.05) is 26.9 Å². The number of aryl methyl sites for hydroxylation is 2. The minimum Gasteiger partial charge on any atom is -0.493 e. The quantitative estimate of drug-likeness (QED) is 0.222. The van der Waals surface area contributed by atoms with Gasteiger partial charge in [0.25, 0.3) is 0 Å². The highest BCUT2D eigenvalue weighted by molar-refractivity contribution is 7.98. The lowest BCUT2D eigenvalue weighted by molar-refractivity contribution is 0.0697. The highest BCUT2D eigenvalue weighted by Gasteiger charge is 2.16. The Morgan fingerprint density at radius 2 is 1.56 bits per heavy atom. The van der Waals surface area contributed by atoms with Crippen LogP contribution in [0.3, 0.4) is 0 Å². The number of hydrogen-bond acceptors (Lipinski definition) is 7. The predicted molar refractivity (Wildman–Crippen MR) is 136 cm³/mol. The van der Waals surface area contributed by atoms with Crippen LogP contribution in [0.5, 0.6) is 11.5 Å². The number of methoxy groups -OCH3 is 2. The van der Waals surface area contributed by atoms with Crippen molar-refractivity contribution in [3.8, 4) is 32.4 Å². The first kappa shape index (κ1) is 23.8. The summed E-state index contributed by atoms with van der Waals surface area (Å²) in [4.78, 5) is 22.6. The molecule has 0 saturated heterocycles. The number of hydrogen-bond donors (Lipinski definition) is 1. The van der Waals surface area contributed by atoms with Crippen LogP contribution in [0.2, 0.25) is 0 Å². The summed E-state index contributed by atoms with van der Waals surface area (Å²) in [6.07, 6.45) is 0. The van der Waals surface area contributed by atoms with Crippen molar-refractivity contribution in [3.05, 3.63) is 77.1 Å². The number of carboxylic acids is 1. The van der Waals surface area contributed by atoms with Crippen molar-refractivity contribution in [1.82, 2.24) is 9.97 Å². The largest absolute Gasteiger partial charge is 0.493 e. The van der Waals surface area contributed by atoms with E-state index >= 15 is 0 Å². The van der Waals surface area contributed by atoms with Crippen molar-refractivity contribution in [2.75, 3.05) is 14.2 Å². The van der Waals surface area contributed by atoms with Gasteiger partial charge >= 0.3 is 5.97 Å². The molecule has 34 heavy (non-hydrogen) atoms. The zero-order chi connectivity index (χ0) is 24.2. The van der Waals surface area contributed by atoms with E-state index in [1.54, 1.807) is 49.5 Å². The lowest BCUT2D eigenvalue weighted by atomic mass is 10.1. The third-order valence-corrected chi connectivity index (χ3v) is 7.36. The second kappa shape index (κ2) is 10.3. The molecule has 0 aliphatic rings. The van der Waals surface area contributed by atoms with E-state index in [2.05, 4.69) is 16.0 Å². The van der Waals surface area contributed by atoms with E-state index in [0.29, 0.717) is 17.3 Å². The summed E-state index contributed by atoms with van der Waals surface area (Å²) in [5, 5.41) is 10.0. The molecule has 0 saturated carbocycles. The number of aromatic carboxylic acids is 1. The third kappa shape index (κ3) is 5.24. The fourth-order valence-corrected chi connectivity index (χ4v) is 5.78. The maximum absolute atomic E-state index is 11.3. The molecule has 2 heterocycles. The summed E-state index contributed by atoms with van der Waals surface area (Å²) in [6, 6.07) is 17.0. The second-order valence-corrected chi connectivity index (χ2v) is 9.63. The van der Waals surface area contributed by atoms with Gasteiger partial charge in [-0.3, -0.25) is 0 Å². The molecule has 1 N–H and O–H groups in total. The van der Waals surface area contributed by atoms with Gasteiger partial charge in [-0.1, -0.05) is 23.9 Å². The second-order valence-electron chi connectivity index (χ2n) is 7.64. The van der Waals surface area contributed by atoms with E-state index < -0.39 is 5.97 Å². The molecule has 174 valence electrons. The molecule has 0 aliphatic carbocycles. The Hall–Kier alpha value is -3.36. The topological polar surface area (TPSA) is 81.5 Å². The fourth-order valence-electron chi connectivity index (χ4n) is 3.58. The molecule has 0 unspecified atom stereocenters. The Kier molecular flexibility index (Phi) is 7.19. The maximum atomic E-state index is 11.3. The number of aromatic nitrogens is 2. The zero-order valence-electron chi connectivity index (χ0n) is 19.3. The summed E-state index contributed by atoms with van der Waals surface area (Å²) < 4.78 is 10.9. The van der Waals surface area contributed by atoms with Gasteiger partial charge in [-0.15, -0.1) is 11.3 Å². The molecule has 2 aromatic carbocycles. The smallest absolute Gasteiger partial charge is 0.335 e. The number of thioether (sulfide) groups is 1. The molecular weight excluding hydrogens is 468 g/mol. The van der Waals surface area contributed by atoms with Crippen molar-refractivity contribution in [3.63, 3.8) is 0 Å². The van der Waals surface area contributed by atoms with Crippen LogP contribution in [-0.2, 0) is 5.75 Å². The van der Waals surface area contributed by atoms with Crippen molar-refractivity contribution in [1.29, 1.82) is 0 Å². The Morgan fingerprint density at radius 3 is 2.18 bits per heavy atom. The summed E-state index contributed by atoms with van der Waals surface area (Å²) >= 11 is 3.24. The number of rotatable bonds is 8. The number of carbonyl (C=O) groups is 1. The lowest BCUT2D eigenvalue weighted by Crippen LogP contribution is -1.95. The normalized spacial score (nSPS) is 10.8. The van der Waals surface area contributed by atoms with Crippen molar-refractivity contribution >= 4 is 29.1 Å². The van der Waals surface area contributed by atoms with Crippen LogP contribution in [0.15, 0.2) is 59.8 Å². The molecular formula is C26H24N2O4S2. The van der Waals surface area contributed by atoms with Gasteiger partial charge in [-0.2, -0.15) is 0 Å². The first-order valence-corrected chi connectivity index (χ1v) is 12.3. The Morgan fingerprint density at radius 1 is 0.912 bits per heavy atom. The van der Waals surface area contributed by atoms with Gasteiger partial charge in [0.15, 0.2) is 16.7 Å². The van der Waals surface area contributed by atoms with E-state index in [1.807, 2.05) is 50.2 Å². The van der Waals surface area contributed by atoms with Crippen molar-refractivity contribution in [2.45, 2.75) is 24.8 Å². The molecule has 0 fully saturated rings. The molecule has 0 spiro atoms. The molecule has 4 aromatic rings. The molecule has 0 atom stereocenters. The monoisotopic (exact) mass is 492 g/mol. The minimum absolute atomic E-state index is 0.264. The molecule has 0 amide bonds. The molecule has 0 radical (unpaired) electrons. The maximum Gasteiger partial charge on any atom is 0.335 e. The van der Waals surface area contributed by atoms with Gasteiger partial charge in [0.2, 0.25) is 0 Å². The van der Waals surface area contributed by atoms with Crippen LogP contribution in [0.1, 0.15) is 27.3 Å². The number of thiophene rings is 1. The molecule has 2 aromatic heterocycles. The van der Waals surface area contributed by atoms with Gasteiger partial charge < -0.3 is 14.6 Å². The van der Waals surface area contributed by atoms with Crippen molar-refractivity contribution in [2.24, 2.45) is 0 Å². The standard InChI is InChI=1S/C26H24N2O4S2/c1-15-11-16(2)28-26(27-15)33-14-20-13-23(19-9-10-21(31-3)22(12-19)32-4)34-24(20)17-5-7-18(8-6-17)25(29)30/h5-13H,14H2,1-4H3,(H,29,30). The summed E-state index contributed by atoms with van der Waals surface area (Å²) in [6.45, 7) is 3.93. The molecule has 0 bridgehead atoms. The van der Waals surface area contributed by atoms with Gasteiger partial charge in [-0.05, 0) is 73.0 Å². The average molecular weight is 493 g/mol. The van der Waals surface area contributed by atoms with Crippen LogP contribution in [0, 0.1) is 13.8 Å². The van der Waals surface area contributed by atoms with E-state index in [-0.39, 0.29) is 5.56 Å². The fraction of sp³-hybridized carbons (Fsp3) is 0.192. The predicted octanol–water partition coefficient (Wildman–Crippen LogP) is 6.50. The van der Waals surface area contributed by atoms with Crippen LogP contribution in [0.25, 0.3) is 20.9 Å². The van der Waals surface area contributed by atoms with Crippen LogP contribution >= 0.6 is 23.1 Å². The first-order valence-electron chi connectivity index (χ1n) is 10.5. The number of nitrogens with zero attached hydrogens (tertiary/aromatic N) is 2. The lowest BCUT2D eigenvalue weighted by Gasteiger charge is -2.08. The number of ether oxygens (including phenoxy) is 2. The summed E-state index contributed by atoms with van der Waals surface area (Å²) in [5.74, 6) is 1.09. The summed E-state index contributed by atoms with van der Waals surface area (Å²) in [5.41, 5.74) is 5.26. The highest BCUT2D eigenvalue weighted by Crippen LogP contribution is 2.42. The summed E-state index contributed by atoms with van der Waals surface area (Å²) in [7, 11) is 3.24. The van der Waals surface area contributed by atoms with Crippen LogP contribution in [-0.4, -0.2) is 35.3 Å². The Balaban J connectivity index is 1.73. The highest BCUT2D eigenvalue weighted by atomic mass is 32.2. The number of benzene rings is 2. The Labute approximate surface area is 206 Å². The van der Waals surface area contributed by atoms with Crippen LogP contribution in [0.4, 0.5) is 0 Å². The third-order valence-electron chi connectivity index (χ3n) is 5.19. The average Bonchev–Trinajstić information content (AvgIpc) is 3.26. The van der Waals surface area contributed by atoms with Gasteiger partial charge in [0.05, 0.1) is 19.8 Å². The molecule has 0 aliphatic heterocycles. The minimum atomic E-state index is -0.938.